The summed E-state index contributed by atoms with van der Waals surface area (Å²) in [6.07, 6.45) is 0.692. The van der Waals surface area contributed by atoms with Crippen molar-refractivity contribution >= 4 is 12.1 Å². The molecule has 0 bridgehead atoms. The molecule has 122 valence electrons. The summed E-state index contributed by atoms with van der Waals surface area (Å²) in [7, 11) is 0. The minimum Gasteiger partial charge on any atom is -0.508 e. The second-order valence-corrected chi connectivity index (χ2v) is 6.01. The molecule has 1 atom stereocenters. The van der Waals surface area contributed by atoms with E-state index in [2.05, 4.69) is 0 Å². The van der Waals surface area contributed by atoms with Crippen LogP contribution in [-0.4, -0.2) is 45.4 Å². The van der Waals surface area contributed by atoms with Crippen LogP contribution < -0.4 is 0 Å². The first kappa shape index (κ1) is 17.8. The van der Waals surface area contributed by atoms with Crippen LogP contribution in [0.1, 0.15) is 33.6 Å². The molecule has 22 heavy (non-hydrogen) atoms. The number of carboxylic acids is 1. The molecule has 1 heterocycles. The van der Waals surface area contributed by atoms with Crippen LogP contribution in [-0.2, 0) is 9.53 Å². The maximum atomic E-state index is 11.6. The van der Waals surface area contributed by atoms with E-state index in [1.165, 1.54) is 4.90 Å². The van der Waals surface area contributed by atoms with Crippen LogP contribution in [0.25, 0.3) is 0 Å². The zero-order valence-electron chi connectivity index (χ0n) is 13.2. The summed E-state index contributed by atoms with van der Waals surface area (Å²) < 4.78 is 5.13. The lowest BCUT2D eigenvalue weighted by molar-refractivity contribution is -0.142. The van der Waals surface area contributed by atoms with Gasteiger partial charge in [0.1, 0.15) is 17.4 Å². The molecule has 2 N–H and O–H groups in total. The smallest absolute Gasteiger partial charge is 0.411 e. The molecule has 1 aliphatic rings. The van der Waals surface area contributed by atoms with Gasteiger partial charge in [-0.05, 0) is 45.7 Å². The van der Waals surface area contributed by atoms with Gasteiger partial charge in [0.2, 0.25) is 0 Å². The molecule has 1 aromatic carbocycles. The number of likely N-dealkylation sites (tertiary alicyclic amines) is 1. The van der Waals surface area contributed by atoms with E-state index in [0.717, 1.165) is 6.42 Å². The van der Waals surface area contributed by atoms with E-state index in [4.69, 9.17) is 14.9 Å². The van der Waals surface area contributed by atoms with Crippen molar-refractivity contribution in [1.29, 1.82) is 0 Å². The molecule has 1 fully saturated rings. The maximum absolute atomic E-state index is 11.6. The minimum absolute atomic E-state index is 0.322. The fourth-order valence-corrected chi connectivity index (χ4v) is 1.99. The minimum atomic E-state index is -0.960. The number of para-hydroxylation sites is 1. The van der Waals surface area contributed by atoms with E-state index in [9.17, 15) is 9.59 Å². The predicted octanol–water partition coefficient (Wildman–Crippen LogP) is 2.86. The topological polar surface area (TPSA) is 87.1 Å². The fourth-order valence-electron chi connectivity index (χ4n) is 1.99. The number of benzene rings is 1. The van der Waals surface area contributed by atoms with Gasteiger partial charge >= 0.3 is 12.1 Å². The Kier molecular flexibility index (Phi) is 6.22. The molecular formula is C16H23NO5. The summed E-state index contributed by atoms with van der Waals surface area (Å²) in [5, 5.41) is 17.5. The van der Waals surface area contributed by atoms with Gasteiger partial charge in [0, 0.05) is 6.54 Å². The summed E-state index contributed by atoms with van der Waals surface area (Å²) in [4.78, 5) is 23.7. The molecule has 1 unspecified atom stereocenters. The standard InChI is InChI=1S/C10H17NO4.C6H6O/c1-10(2,3)15-9(14)11-6-4-5-7(11)8(12)13;7-6-4-2-1-3-5-6/h7H,4-6H2,1-3H3,(H,12,13);1-5,7H. The van der Waals surface area contributed by atoms with Gasteiger partial charge in [-0.15, -0.1) is 0 Å². The van der Waals surface area contributed by atoms with E-state index in [1.807, 2.05) is 6.07 Å². The maximum Gasteiger partial charge on any atom is 0.411 e. The number of aromatic hydroxyl groups is 1. The monoisotopic (exact) mass is 309 g/mol. The van der Waals surface area contributed by atoms with Gasteiger partial charge in [0.15, 0.2) is 0 Å². The first-order valence-electron chi connectivity index (χ1n) is 7.17. The quantitative estimate of drug-likeness (QED) is 0.833. The normalized spacial score (nSPS) is 17.4. The Balaban J connectivity index is 0.000000287. The lowest BCUT2D eigenvalue weighted by Crippen LogP contribution is -2.43. The van der Waals surface area contributed by atoms with E-state index in [-0.39, 0.29) is 0 Å². The number of hydrogen-bond acceptors (Lipinski definition) is 4. The van der Waals surface area contributed by atoms with Crippen LogP contribution in [0, 0.1) is 0 Å². The zero-order chi connectivity index (χ0) is 16.8. The number of carbonyl (C=O) groups excluding carboxylic acids is 1. The second-order valence-electron chi connectivity index (χ2n) is 6.01. The molecule has 1 aliphatic heterocycles. The largest absolute Gasteiger partial charge is 0.508 e. The SMILES string of the molecule is CC(C)(C)OC(=O)N1CCCC1C(=O)O.Oc1ccccc1. The highest BCUT2D eigenvalue weighted by Gasteiger charge is 2.36. The molecule has 1 aromatic rings. The average molecular weight is 309 g/mol. The Morgan fingerprint density at radius 1 is 1.23 bits per heavy atom. The molecule has 0 aromatic heterocycles. The van der Waals surface area contributed by atoms with Crippen molar-refractivity contribution in [3.63, 3.8) is 0 Å². The van der Waals surface area contributed by atoms with Crippen LogP contribution in [0.4, 0.5) is 4.79 Å². The highest BCUT2D eigenvalue weighted by Crippen LogP contribution is 2.20. The van der Waals surface area contributed by atoms with Crippen LogP contribution >= 0.6 is 0 Å². The molecule has 2 rings (SSSR count). The summed E-state index contributed by atoms with van der Waals surface area (Å²) >= 11 is 0. The Bertz CT molecular complexity index is 495. The Morgan fingerprint density at radius 2 is 1.82 bits per heavy atom. The number of rotatable bonds is 1. The van der Waals surface area contributed by atoms with Gasteiger partial charge in [-0.1, -0.05) is 18.2 Å². The predicted molar refractivity (Wildman–Crippen MR) is 81.7 cm³/mol. The van der Waals surface area contributed by atoms with Crippen LogP contribution in [0.3, 0.4) is 0 Å². The first-order chi connectivity index (χ1) is 10.2. The van der Waals surface area contributed by atoms with Crippen molar-refractivity contribution in [1.82, 2.24) is 4.90 Å². The zero-order valence-corrected chi connectivity index (χ0v) is 13.2. The lowest BCUT2D eigenvalue weighted by Gasteiger charge is -2.26. The van der Waals surface area contributed by atoms with Crippen molar-refractivity contribution in [3.05, 3.63) is 30.3 Å². The Hall–Kier alpha value is -2.24. The molecule has 6 nitrogen and oxygen atoms in total. The van der Waals surface area contributed by atoms with Crippen LogP contribution in [0.2, 0.25) is 0 Å². The molecular weight excluding hydrogens is 286 g/mol. The van der Waals surface area contributed by atoms with Crippen LogP contribution in [0.15, 0.2) is 30.3 Å². The van der Waals surface area contributed by atoms with Crippen molar-refractivity contribution < 1.29 is 24.5 Å². The number of carboxylic acid groups (broad SMARTS) is 1. The van der Waals surface area contributed by atoms with Crippen LogP contribution in [0.5, 0.6) is 5.75 Å². The van der Waals surface area contributed by atoms with E-state index in [0.29, 0.717) is 18.7 Å². The Labute approximate surface area is 130 Å². The third-order valence-electron chi connectivity index (χ3n) is 2.92. The molecule has 0 aliphatic carbocycles. The molecule has 6 heteroatoms. The third-order valence-corrected chi connectivity index (χ3v) is 2.92. The summed E-state index contributed by atoms with van der Waals surface area (Å²) in [5.41, 5.74) is -0.581. The number of ether oxygens (including phenoxy) is 1. The molecule has 1 saturated heterocycles. The van der Waals surface area contributed by atoms with E-state index < -0.39 is 23.7 Å². The number of carbonyl (C=O) groups is 2. The van der Waals surface area contributed by atoms with Crippen molar-refractivity contribution in [2.45, 2.75) is 45.3 Å². The fraction of sp³-hybridized carbons (Fsp3) is 0.500. The van der Waals surface area contributed by atoms with E-state index >= 15 is 0 Å². The number of aliphatic carboxylic acids is 1. The molecule has 0 saturated carbocycles. The van der Waals surface area contributed by atoms with Crippen molar-refractivity contribution in [2.75, 3.05) is 6.54 Å². The lowest BCUT2D eigenvalue weighted by atomic mass is 10.2. The molecule has 0 spiro atoms. The van der Waals surface area contributed by atoms with Gasteiger partial charge in [0.05, 0.1) is 0 Å². The highest BCUT2D eigenvalue weighted by molar-refractivity contribution is 5.80. The first-order valence-corrected chi connectivity index (χ1v) is 7.17. The van der Waals surface area contributed by atoms with Gasteiger partial charge < -0.3 is 14.9 Å². The number of hydrogen-bond donors (Lipinski definition) is 2. The van der Waals surface area contributed by atoms with Gasteiger partial charge in [-0.25, -0.2) is 9.59 Å². The molecule has 0 radical (unpaired) electrons. The van der Waals surface area contributed by atoms with Crippen molar-refractivity contribution in [2.24, 2.45) is 0 Å². The summed E-state index contributed by atoms with van der Waals surface area (Å²) in [6, 6.07) is 7.99. The number of phenols is 1. The van der Waals surface area contributed by atoms with Crippen molar-refractivity contribution in [3.8, 4) is 5.75 Å². The second kappa shape index (κ2) is 7.68. The average Bonchev–Trinajstić information content (AvgIpc) is 2.87. The molecule has 1 amide bonds. The van der Waals surface area contributed by atoms with Gasteiger partial charge in [-0.2, -0.15) is 0 Å². The summed E-state index contributed by atoms with van der Waals surface area (Å²) in [6.45, 7) is 5.75. The Morgan fingerprint density at radius 3 is 2.23 bits per heavy atom. The summed E-state index contributed by atoms with van der Waals surface area (Å²) in [5.74, 6) is -0.638. The van der Waals surface area contributed by atoms with Gasteiger partial charge in [0.25, 0.3) is 0 Å². The highest BCUT2D eigenvalue weighted by atomic mass is 16.6. The number of amides is 1. The van der Waals surface area contributed by atoms with E-state index in [1.54, 1.807) is 45.0 Å². The number of nitrogens with zero attached hydrogens (tertiary/aromatic N) is 1. The van der Waals surface area contributed by atoms with Gasteiger partial charge in [-0.3, -0.25) is 4.90 Å². The number of phenolic OH excluding ortho intramolecular Hbond substituents is 1. The third kappa shape index (κ3) is 6.03.